The molecule has 2 aromatic rings. The lowest BCUT2D eigenvalue weighted by Crippen LogP contribution is -2.46. The van der Waals surface area contributed by atoms with Crippen molar-refractivity contribution in [2.75, 3.05) is 12.4 Å². The predicted molar refractivity (Wildman–Crippen MR) is 90.2 cm³/mol. The summed E-state index contributed by atoms with van der Waals surface area (Å²) in [7, 11) is 1.44. The van der Waals surface area contributed by atoms with Gasteiger partial charge in [0.25, 0.3) is 5.91 Å². The Labute approximate surface area is 146 Å². The maximum Gasteiger partial charge on any atom is 0.269 e. The highest BCUT2D eigenvalue weighted by atomic mass is 79.9. The van der Waals surface area contributed by atoms with E-state index in [-0.39, 0.29) is 5.69 Å². The zero-order valence-electron chi connectivity index (χ0n) is 13.0. The fourth-order valence-electron chi connectivity index (χ4n) is 2.47. The van der Waals surface area contributed by atoms with E-state index in [2.05, 4.69) is 21.2 Å². The van der Waals surface area contributed by atoms with Crippen LogP contribution in [0.1, 0.15) is 6.92 Å². The normalized spacial score (nSPS) is 18.8. The summed E-state index contributed by atoms with van der Waals surface area (Å²) in [5, 5.41) is 2.64. The standard InChI is InChI=1S/C17H15BrFNO4/c1-9-15(24-14-6-4-3-5-13(14)23-9)17(21)20-12-8-10(19)7-11(18)16(12)22-2/h3-9,15H,1-2H3,(H,20,21). The highest BCUT2D eigenvalue weighted by Crippen LogP contribution is 2.36. The van der Waals surface area contributed by atoms with Crippen molar-refractivity contribution in [1.29, 1.82) is 0 Å². The smallest absolute Gasteiger partial charge is 0.269 e. The maximum atomic E-state index is 13.6. The minimum absolute atomic E-state index is 0.212. The van der Waals surface area contributed by atoms with Gasteiger partial charge in [-0.25, -0.2) is 4.39 Å². The summed E-state index contributed by atoms with van der Waals surface area (Å²) in [5.41, 5.74) is 0.212. The Morgan fingerprint density at radius 3 is 2.58 bits per heavy atom. The summed E-state index contributed by atoms with van der Waals surface area (Å²) < 4.78 is 30.7. The number of nitrogens with one attached hydrogen (secondary N) is 1. The highest BCUT2D eigenvalue weighted by molar-refractivity contribution is 9.10. The molecule has 126 valence electrons. The van der Waals surface area contributed by atoms with Crippen molar-refractivity contribution < 1.29 is 23.4 Å². The second-order valence-corrected chi connectivity index (χ2v) is 6.12. The third-order valence-corrected chi connectivity index (χ3v) is 4.16. The fourth-order valence-corrected chi connectivity index (χ4v) is 3.06. The van der Waals surface area contributed by atoms with Crippen LogP contribution in [0.25, 0.3) is 0 Å². The fraction of sp³-hybridized carbons (Fsp3) is 0.235. The molecule has 2 aromatic carbocycles. The van der Waals surface area contributed by atoms with E-state index in [1.165, 1.54) is 19.2 Å². The lowest BCUT2D eigenvalue weighted by molar-refractivity contribution is -0.128. The summed E-state index contributed by atoms with van der Waals surface area (Å²) in [6.07, 6.45) is -1.37. The molecular formula is C17H15BrFNO4. The van der Waals surface area contributed by atoms with Crippen molar-refractivity contribution in [3.8, 4) is 17.2 Å². The van der Waals surface area contributed by atoms with E-state index >= 15 is 0 Å². The number of carbonyl (C=O) groups excluding carboxylic acids is 1. The average Bonchev–Trinajstić information content (AvgIpc) is 2.53. The summed E-state index contributed by atoms with van der Waals surface area (Å²) in [5.74, 6) is 0.447. The lowest BCUT2D eigenvalue weighted by Gasteiger charge is -2.31. The number of amides is 1. The maximum absolute atomic E-state index is 13.6. The molecule has 0 aliphatic carbocycles. The third-order valence-electron chi connectivity index (χ3n) is 3.57. The number of benzene rings is 2. The summed E-state index contributed by atoms with van der Waals surface area (Å²) in [4.78, 5) is 12.6. The number of carbonyl (C=O) groups is 1. The number of methoxy groups -OCH3 is 1. The molecular weight excluding hydrogens is 381 g/mol. The summed E-state index contributed by atoms with van der Waals surface area (Å²) in [6, 6.07) is 9.55. The van der Waals surface area contributed by atoms with Crippen LogP contribution in [0.2, 0.25) is 0 Å². The molecule has 0 saturated heterocycles. The third kappa shape index (κ3) is 3.17. The Morgan fingerprint density at radius 2 is 1.92 bits per heavy atom. The van der Waals surface area contributed by atoms with Crippen LogP contribution in [0.3, 0.4) is 0 Å². The van der Waals surface area contributed by atoms with Crippen molar-refractivity contribution in [3.05, 3.63) is 46.7 Å². The van der Waals surface area contributed by atoms with Gasteiger partial charge in [-0.2, -0.15) is 0 Å². The highest BCUT2D eigenvalue weighted by Gasteiger charge is 2.34. The first-order valence-electron chi connectivity index (χ1n) is 7.26. The van der Waals surface area contributed by atoms with Gasteiger partial charge in [-0.1, -0.05) is 12.1 Å². The largest absolute Gasteiger partial charge is 0.493 e. The van der Waals surface area contributed by atoms with Gasteiger partial charge in [-0.15, -0.1) is 0 Å². The molecule has 7 heteroatoms. The molecule has 0 saturated carbocycles. The molecule has 0 aromatic heterocycles. The first-order valence-corrected chi connectivity index (χ1v) is 8.05. The topological polar surface area (TPSA) is 56.8 Å². The summed E-state index contributed by atoms with van der Waals surface area (Å²) in [6.45, 7) is 1.74. The van der Waals surface area contributed by atoms with Crippen molar-refractivity contribution in [3.63, 3.8) is 0 Å². The zero-order chi connectivity index (χ0) is 17.3. The molecule has 0 fully saturated rings. The number of halogens is 2. The minimum atomic E-state index is -0.869. The molecule has 3 rings (SSSR count). The van der Waals surface area contributed by atoms with Gasteiger partial charge in [0.2, 0.25) is 6.10 Å². The number of rotatable bonds is 3. The molecule has 2 unspecified atom stereocenters. The van der Waals surface area contributed by atoms with Gasteiger partial charge >= 0.3 is 0 Å². The number of para-hydroxylation sites is 2. The van der Waals surface area contributed by atoms with Crippen LogP contribution in [-0.2, 0) is 4.79 Å². The molecule has 1 aliphatic rings. The van der Waals surface area contributed by atoms with E-state index in [1.807, 2.05) is 6.07 Å². The van der Waals surface area contributed by atoms with Gasteiger partial charge in [0.05, 0.1) is 17.3 Å². The van der Waals surface area contributed by atoms with Crippen LogP contribution in [-0.4, -0.2) is 25.2 Å². The monoisotopic (exact) mass is 395 g/mol. The molecule has 1 amide bonds. The predicted octanol–water partition coefficient (Wildman–Crippen LogP) is 3.76. The molecule has 1 heterocycles. The van der Waals surface area contributed by atoms with Crippen LogP contribution < -0.4 is 19.5 Å². The van der Waals surface area contributed by atoms with Crippen molar-refractivity contribution >= 4 is 27.5 Å². The SMILES string of the molecule is COc1c(Br)cc(F)cc1NC(=O)C1Oc2ccccc2OC1C. The van der Waals surface area contributed by atoms with E-state index < -0.39 is 23.9 Å². The number of hydrogen-bond acceptors (Lipinski definition) is 4. The lowest BCUT2D eigenvalue weighted by atomic mass is 10.1. The van der Waals surface area contributed by atoms with Gasteiger partial charge in [-0.05, 0) is 41.1 Å². The Bertz CT molecular complexity index is 783. The van der Waals surface area contributed by atoms with Crippen molar-refractivity contribution in [2.45, 2.75) is 19.1 Å². The van der Waals surface area contributed by atoms with E-state index in [0.717, 1.165) is 0 Å². The zero-order valence-corrected chi connectivity index (χ0v) is 14.6. The molecule has 5 nitrogen and oxygen atoms in total. The molecule has 1 aliphatic heterocycles. The first kappa shape index (κ1) is 16.6. The van der Waals surface area contributed by atoms with Gasteiger partial charge in [0, 0.05) is 6.07 Å². The van der Waals surface area contributed by atoms with Crippen LogP contribution >= 0.6 is 15.9 Å². The first-order chi connectivity index (χ1) is 11.5. The Kier molecular flexibility index (Phi) is 4.62. The molecule has 1 N–H and O–H groups in total. The molecule has 2 atom stereocenters. The van der Waals surface area contributed by atoms with Gasteiger partial charge in [0.15, 0.2) is 17.2 Å². The number of ether oxygens (including phenoxy) is 3. The number of fused-ring (bicyclic) bond motifs is 1. The van der Waals surface area contributed by atoms with E-state index in [9.17, 15) is 9.18 Å². The second kappa shape index (κ2) is 6.68. The van der Waals surface area contributed by atoms with Crippen LogP contribution in [0, 0.1) is 5.82 Å². The molecule has 0 bridgehead atoms. The summed E-state index contributed by atoms with van der Waals surface area (Å²) >= 11 is 3.21. The van der Waals surface area contributed by atoms with Gasteiger partial charge < -0.3 is 19.5 Å². The van der Waals surface area contributed by atoms with Gasteiger partial charge in [0.1, 0.15) is 11.9 Å². The van der Waals surface area contributed by atoms with Crippen LogP contribution in [0.15, 0.2) is 40.9 Å². The molecule has 0 spiro atoms. The Morgan fingerprint density at radius 1 is 1.25 bits per heavy atom. The average molecular weight is 396 g/mol. The molecule has 24 heavy (non-hydrogen) atoms. The number of anilines is 1. The van der Waals surface area contributed by atoms with E-state index in [1.54, 1.807) is 25.1 Å². The van der Waals surface area contributed by atoms with E-state index in [4.69, 9.17) is 14.2 Å². The minimum Gasteiger partial charge on any atom is -0.493 e. The quantitative estimate of drug-likeness (QED) is 0.859. The Balaban J connectivity index is 1.83. The van der Waals surface area contributed by atoms with Crippen LogP contribution in [0.4, 0.5) is 10.1 Å². The number of hydrogen-bond donors (Lipinski definition) is 1. The van der Waals surface area contributed by atoms with Crippen LogP contribution in [0.5, 0.6) is 17.2 Å². The van der Waals surface area contributed by atoms with Gasteiger partial charge in [-0.3, -0.25) is 4.79 Å². The Hall–Kier alpha value is -2.28. The van der Waals surface area contributed by atoms with Crippen molar-refractivity contribution in [2.24, 2.45) is 0 Å². The second-order valence-electron chi connectivity index (χ2n) is 5.27. The van der Waals surface area contributed by atoms with E-state index in [0.29, 0.717) is 21.7 Å². The molecule has 0 radical (unpaired) electrons. The van der Waals surface area contributed by atoms with Crippen molar-refractivity contribution in [1.82, 2.24) is 0 Å².